The molecule has 0 aromatic carbocycles. The molecule has 0 unspecified atom stereocenters. The standard InChI is InChI=1S/C15H21N5O2/c1-11-13(18-10-19(3)15(11)22)9-14(21)17-5-4-7-20-8-6-16-12(20)2/h6,8,10H,4-5,7,9H2,1-3H3,(H,17,21). The molecule has 118 valence electrons. The van der Waals surface area contributed by atoms with Gasteiger partial charge in [0.15, 0.2) is 0 Å². The summed E-state index contributed by atoms with van der Waals surface area (Å²) in [5.41, 5.74) is 0.939. The molecule has 0 atom stereocenters. The van der Waals surface area contributed by atoms with E-state index in [-0.39, 0.29) is 17.9 Å². The first-order valence-electron chi connectivity index (χ1n) is 7.24. The highest BCUT2D eigenvalue weighted by atomic mass is 16.1. The fourth-order valence-electron chi connectivity index (χ4n) is 2.20. The maximum Gasteiger partial charge on any atom is 0.256 e. The molecular formula is C15H21N5O2. The van der Waals surface area contributed by atoms with Crippen molar-refractivity contribution in [1.82, 2.24) is 24.4 Å². The summed E-state index contributed by atoms with van der Waals surface area (Å²) in [6.07, 6.45) is 6.08. The van der Waals surface area contributed by atoms with E-state index >= 15 is 0 Å². The number of aryl methyl sites for hydroxylation is 3. The van der Waals surface area contributed by atoms with Gasteiger partial charge in [-0.25, -0.2) is 9.97 Å². The zero-order chi connectivity index (χ0) is 16.1. The molecule has 2 aromatic rings. The molecule has 0 saturated heterocycles. The number of carbonyl (C=O) groups excluding carboxylic acids is 1. The van der Waals surface area contributed by atoms with E-state index in [0.717, 1.165) is 18.8 Å². The molecular weight excluding hydrogens is 282 g/mol. The van der Waals surface area contributed by atoms with Crippen LogP contribution in [0.2, 0.25) is 0 Å². The lowest BCUT2D eigenvalue weighted by Gasteiger charge is -2.08. The van der Waals surface area contributed by atoms with E-state index in [9.17, 15) is 9.59 Å². The van der Waals surface area contributed by atoms with Gasteiger partial charge in [-0.2, -0.15) is 0 Å². The minimum absolute atomic E-state index is 0.117. The molecule has 0 fully saturated rings. The van der Waals surface area contributed by atoms with E-state index in [0.29, 0.717) is 17.8 Å². The van der Waals surface area contributed by atoms with Crippen LogP contribution >= 0.6 is 0 Å². The average molecular weight is 303 g/mol. The van der Waals surface area contributed by atoms with Crippen molar-refractivity contribution >= 4 is 5.91 Å². The summed E-state index contributed by atoms with van der Waals surface area (Å²) in [5, 5.41) is 2.85. The molecule has 2 heterocycles. The molecule has 2 aromatic heterocycles. The SMILES string of the molecule is Cc1c(CC(=O)NCCCn2ccnc2C)ncn(C)c1=O. The smallest absolute Gasteiger partial charge is 0.256 e. The summed E-state index contributed by atoms with van der Waals surface area (Å²) < 4.78 is 3.45. The molecule has 0 aliphatic heterocycles. The Morgan fingerprint density at radius 3 is 2.77 bits per heavy atom. The summed E-state index contributed by atoms with van der Waals surface area (Å²) in [6.45, 7) is 5.04. The molecule has 0 aliphatic rings. The topological polar surface area (TPSA) is 81.8 Å². The number of hydrogen-bond donors (Lipinski definition) is 1. The highest BCUT2D eigenvalue weighted by Gasteiger charge is 2.10. The first kappa shape index (κ1) is 15.9. The Balaban J connectivity index is 1.80. The average Bonchev–Trinajstić information content (AvgIpc) is 2.90. The van der Waals surface area contributed by atoms with Gasteiger partial charge < -0.3 is 14.5 Å². The van der Waals surface area contributed by atoms with Crippen molar-refractivity contribution in [2.45, 2.75) is 33.2 Å². The lowest BCUT2D eigenvalue weighted by atomic mass is 10.2. The van der Waals surface area contributed by atoms with Gasteiger partial charge in [0.2, 0.25) is 5.91 Å². The van der Waals surface area contributed by atoms with Crippen LogP contribution in [0.15, 0.2) is 23.5 Å². The van der Waals surface area contributed by atoms with E-state index in [2.05, 4.69) is 15.3 Å². The molecule has 2 rings (SSSR count). The molecule has 0 aliphatic carbocycles. The van der Waals surface area contributed by atoms with Crippen LogP contribution in [-0.2, 0) is 24.8 Å². The minimum Gasteiger partial charge on any atom is -0.356 e. The predicted octanol–water partition coefficient (Wildman–Crippen LogP) is 0.343. The second-order valence-corrected chi connectivity index (χ2v) is 5.28. The lowest BCUT2D eigenvalue weighted by molar-refractivity contribution is -0.120. The number of imidazole rings is 1. The quantitative estimate of drug-likeness (QED) is 0.780. The van der Waals surface area contributed by atoms with Gasteiger partial charge in [-0.15, -0.1) is 0 Å². The number of amides is 1. The Morgan fingerprint density at radius 2 is 2.09 bits per heavy atom. The maximum absolute atomic E-state index is 11.9. The number of hydrogen-bond acceptors (Lipinski definition) is 4. The van der Waals surface area contributed by atoms with E-state index in [4.69, 9.17) is 0 Å². The van der Waals surface area contributed by atoms with Crippen molar-refractivity contribution in [2.24, 2.45) is 7.05 Å². The Labute approximate surface area is 129 Å². The molecule has 0 radical (unpaired) electrons. The zero-order valence-electron chi connectivity index (χ0n) is 13.2. The van der Waals surface area contributed by atoms with Crippen molar-refractivity contribution in [1.29, 1.82) is 0 Å². The normalized spacial score (nSPS) is 10.7. The van der Waals surface area contributed by atoms with Gasteiger partial charge in [0.1, 0.15) is 5.82 Å². The summed E-state index contributed by atoms with van der Waals surface area (Å²) in [5.74, 6) is 0.845. The third-order valence-electron chi connectivity index (χ3n) is 3.61. The van der Waals surface area contributed by atoms with Crippen LogP contribution in [0.25, 0.3) is 0 Å². The van der Waals surface area contributed by atoms with Crippen LogP contribution in [0.4, 0.5) is 0 Å². The van der Waals surface area contributed by atoms with Gasteiger partial charge in [-0.05, 0) is 20.3 Å². The summed E-state index contributed by atoms with van der Waals surface area (Å²) >= 11 is 0. The van der Waals surface area contributed by atoms with Gasteiger partial charge in [-0.3, -0.25) is 9.59 Å². The lowest BCUT2D eigenvalue weighted by Crippen LogP contribution is -2.29. The van der Waals surface area contributed by atoms with Crippen molar-refractivity contribution in [2.75, 3.05) is 6.54 Å². The number of aromatic nitrogens is 4. The van der Waals surface area contributed by atoms with Crippen LogP contribution in [0.5, 0.6) is 0 Å². The number of rotatable bonds is 6. The van der Waals surface area contributed by atoms with E-state index < -0.39 is 0 Å². The third kappa shape index (κ3) is 3.81. The summed E-state index contributed by atoms with van der Waals surface area (Å²) in [6, 6.07) is 0. The molecule has 1 amide bonds. The molecule has 7 heteroatoms. The van der Waals surface area contributed by atoms with Gasteiger partial charge >= 0.3 is 0 Å². The second kappa shape index (κ2) is 7.02. The Kier molecular flexibility index (Phi) is 5.08. The van der Waals surface area contributed by atoms with Crippen molar-refractivity contribution < 1.29 is 4.79 Å². The molecule has 0 bridgehead atoms. The second-order valence-electron chi connectivity index (χ2n) is 5.28. The first-order valence-corrected chi connectivity index (χ1v) is 7.24. The number of nitrogens with zero attached hydrogens (tertiary/aromatic N) is 4. The third-order valence-corrected chi connectivity index (χ3v) is 3.61. The van der Waals surface area contributed by atoms with E-state index in [1.165, 1.54) is 10.9 Å². The molecule has 7 nitrogen and oxygen atoms in total. The van der Waals surface area contributed by atoms with Gasteiger partial charge in [0, 0.05) is 38.1 Å². The predicted molar refractivity (Wildman–Crippen MR) is 82.5 cm³/mol. The van der Waals surface area contributed by atoms with Crippen molar-refractivity contribution in [3.63, 3.8) is 0 Å². The number of nitrogens with one attached hydrogen (secondary N) is 1. The van der Waals surface area contributed by atoms with Crippen LogP contribution in [-0.4, -0.2) is 31.6 Å². The highest BCUT2D eigenvalue weighted by molar-refractivity contribution is 5.78. The van der Waals surface area contributed by atoms with Crippen LogP contribution in [0, 0.1) is 13.8 Å². The van der Waals surface area contributed by atoms with Crippen molar-refractivity contribution in [3.8, 4) is 0 Å². The molecule has 22 heavy (non-hydrogen) atoms. The molecule has 0 saturated carbocycles. The number of carbonyl (C=O) groups is 1. The van der Waals surface area contributed by atoms with Crippen molar-refractivity contribution in [3.05, 3.63) is 46.2 Å². The zero-order valence-corrected chi connectivity index (χ0v) is 13.2. The monoisotopic (exact) mass is 303 g/mol. The summed E-state index contributed by atoms with van der Waals surface area (Å²) in [4.78, 5) is 32.0. The molecule has 0 spiro atoms. The van der Waals surface area contributed by atoms with Crippen LogP contribution in [0.3, 0.4) is 0 Å². The highest BCUT2D eigenvalue weighted by Crippen LogP contribution is 2.00. The van der Waals surface area contributed by atoms with Crippen LogP contribution < -0.4 is 10.9 Å². The van der Waals surface area contributed by atoms with Crippen LogP contribution in [0.1, 0.15) is 23.5 Å². The Bertz CT molecular complexity index is 717. The minimum atomic E-state index is -0.119. The van der Waals surface area contributed by atoms with Gasteiger partial charge in [-0.1, -0.05) is 0 Å². The largest absolute Gasteiger partial charge is 0.356 e. The first-order chi connectivity index (χ1) is 10.5. The van der Waals surface area contributed by atoms with Gasteiger partial charge in [0.05, 0.1) is 18.4 Å². The van der Waals surface area contributed by atoms with E-state index in [1.54, 1.807) is 20.2 Å². The molecule has 1 N–H and O–H groups in total. The maximum atomic E-state index is 11.9. The van der Waals surface area contributed by atoms with Gasteiger partial charge in [0.25, 0.3) is 5.56 Å². The summed E-state index contributed by atoms with van der Waals surface area (Å²) in [7, 11) is 1.64. The Hall–Kier alpha value is -2.44. The fourth-order valence-corrected chi connectivity index (χ4v) is 2.20. The fraction of sp³-hybridized carbons (Fsp3) is 0.467. The van der Waals surface area contributed by atoms with E-state index in [1.807, 2.05) is 17.7 Å². The Morgan fingerprint density at radius 1 is 1.32 bits per heavy atom.